The van der Waals surface area contributed by atoms with Gasteiger partial charge in [0.15, 0.2) is 6.23 Å². The second-order valence-corrected chi connectivity index (χ2v) is 4.45. The maximum absolute atomic E-state index is 14.1. The Hall–Kier alpha value is -1.22. The number of halogens is 2. The number of aromatic nitrogens is 2. The normalized spacial score (nSPS) is 35.9. The minimum atomic E-state index is -2.74. The average Bonchev–Trinajstić information content (AvgIpc) is 2.52. The predicted octanol–water partition coefficient (Wildman–Crippen LogP) is -1.02. The third kappa shape index (κ3) is 1.97. The van der Waals surface area contributed by atoms with E-state index in [0.29, 0.717) is 0 Å². The van der Waals surface area contributed by atoms with E-state index in [2.05, 4.69) is 4.98 Å². The molecule has 1 aliphatic heterocycles. The highest BCUT2D eigenvalue weighted by Gasteiger charge is 2.57. The minimum Gasteiger partial charge on any atom is -0.394 e. The smallest absolute Gasteiger partial charge is 0.351 e. The van der Waals surface area contributed by atoms with Crippen LogP contribution < -0.4 is 11.4 Å². The molecule has 0 amide bonds. The molecule has 4 N–H and O–H groups in total. The SMILES string of the molecule is Nc1ccn([C@@H]2O[C@H](CO)[C@@H](O)C2(F)Cl)c(=O)n1. The first kappa shape index (κ1) is 13.2. The number of anilines is 1. The van der Waals surface area contributed by atoms with Gasteiger partial charge in [0.05, 0.1) is 6.61 Å². The molecule has 1 unspecified atom stereocenters. The van der Waals surface area contributed by atoms with Crippen LogP contribution in [0.4, 0.5) is 10.2 Å². The Morgan fingerprint density at radius 1 is 1.72 bits per heavy atom. The summed E-state index contributed by atoms with van der Waals surface area (Å²) >= 11 is 5.53. The molecular formula is C9H11ClFN3O4. The van der Waals surface area contributed by atoms with E-state index in [1.54, 1.807) is 0 Å². The second-order valence-electron chi connectivity index (χ2n) is 3.87. The lowest BCUT2D eigenvalue weighted by molar-refractivity contribution is -0.0517. The number of nitrogens with two attached hydrogens (primary N) is 1. The van der Waals surface area contributed by atoms with Crippen molar-refractivity contribution in [2.75, 3.05) is 12.3 Å². The van der Waals surface area contributed by atoms with Gasteiger partial charge in [-0.25, -0.2) is 9.18 Å². The van der Waals surface area contributed by atoms with Crippen LogP contribution in [0.5, 0.6) is 0 Å². The molecule has 2 rings (SSSR count). The van der Waals surface area contributed by atoms with E-state index in [0.717, 1.165) is 10.8 Å². The Kier molecular flexibility index (Phi) is 3.28. The van der Waals surface area contributed by atoms with Crippen LogP contribution in [0, 0.1) is 0 Å². The van der Waals surface area contributed by atoms with E-state index in [9.17, 15) is 14.3 Å². The van der Waals surface area contributed by atoms with Crippen molar-refractivity contribution in [2.24, 2.45) is 0 Å². The Labute approximate surface area is 106 Å². The number of aliphatic hydroxyl groups is 2. The molecule has 0 spiro atoms. The van der Waals surface area contributed by atoms with Crippen LogP contribution in [0.2, 0.25) is 0 Å². The fraction of sp³-hybridized carbons (Fsp3) is 0.556. The molecule has 2 heterocycles. The van der Waals surface area contributed by atoms with Crippen LogP contribution in [-0.4, -0.2) is 43.7 Å². The Balaban J connectivity index is 2.42. The van der Waals surface area contributed by atoms with Gasteiger partial charge in [-0.15, -0.1) is 0 Å². The molecule has 0 bridgehead atoms. The van der Waals surface area contributed by atoms with Gasteiger partial charge in [0.25, 0.3) is 5.13 Å². The van der Waals surface area contributed by atoms with Crippen molar-refractivity contribution in [2.45, 2.75) is 23.6 Å². The maximum Gasteiger partial charge on any atom is 0.351 e. The van der Waals surface area contributed by atoms with Crippen LogP contribution >= 0.6 is 11.6 Å². The molecule has 7 nitrogen and oxygen atoms in total. The summed E-state index contributed by atoms with van der Waals surface area (Å²) in [5, 5.41) is 15.7. The summed E-state index contributed by atoms with van der Waals surface area (Å²) in [6.45, 7) is -0.632. The number of rotatable bonds is 2. The molecule has 100 valence electrons. The number of hydrogen-bond donors (Lipinski definition) is 3. The highest BCUT2D eigenvalue weighted by Crippen LogP contribution is 2.43. The fourth-order valence-electron chi connectivity index (χ4n) is 1.72. The van der Waals surface area contributed by atoms with Gasteiger partial charge in [0, 0.05) is 6.20 Å². The van der Waals surface area contributed by atoms with Gasteiger partial charge in [-0.3, -0.25) is 4.57 Å². The van der Waals surface area contributed by atoms with Gasteiger partial charge in [-0.05, 0) is 6.07 Å². The predicted molar refractivity (Wildman–Crippen MR) is 59.6 cm³/mol. The molecule has 4 atom stereocenters. The van der Waals surface area contributed by atoms with Crippen molar-refractivity contribution in [3.05, 3.63) is 22.7 Å². The van der Waals surface area contributed by atoms with E-state index in [1.165, 1.54) is 6.07 Å². The molecule has 0 radical (unpaired) electrons. The quantitative estimate of drug-likeness (QED) is 0.598. The first-order chi connectivity index (χ1) is 8.37. The fourth-order valence-corrected chi connectivity index (χ4v) is 2.02. The van der Waals surface area contributed by atoms with Crippen molar-refractivity contribution >= 4 is 17.4 Å². The lowest BCUT2D eigenvalue weighted by Gasteiger charge is -2.22. The van der Waals surface area contributed by atoms with Gasteiger partial charge in [-0.1, -0.05) is 11.6 Å². The molecule has 0 aliphatic carbocycles. The monoisotopic (exact) mass is 279 g/mol. The summed E-state index contributed by atoms with van der Waals surface area (Å²) in [6, 6.07) is 1.26. The molecule has 1 aromatic rings. The lowest BCUT2D eigenvalue weighted by atomic mass is 10.1. The molecule has 1 aliphatic rings. The van der Waals surface area contributed by atoms with Gasteiger partial charge in [-0.2, -0.15) is 4.98 Å². The summed E-state index contributed by atoms with van der Waals surface area (Å²) in [4.78, 5) is 14.9. The van der Waals surface area contributed by atoms with Crippen molar-refractivity contribution in [3.63, 3.8) is 0 Å². The third-order valence-corrected chi connectivity index (χ3v) is 3.07. The molecule has 9 heteroatoms. The first-order valence-corrected chi connectivity index (χ1v) is 5.42. The van der Waals surface area contributed by atoms with Crippen molar-refractivity contribution in [1.29, 1.82) is 0 Å². The molecule has 1 saturated heterocycles. The zero-order valence-electron chi connectivity index (χ0n) is 9.03. The number of nitrogen functional groups attached to an aromatic ring is 1. The third-order valence-electron chi connectivity index (χ3n) is 2.66. The molecule has 1 aromatic heterocycles. The van der Waals surface area contributed by atoms with E-state index in [1.807, 2.05) is 0 Å². The van der Waals surface area contributed by atoms with Crippen molar-refractivity contribution < 1.29 is 19.3 Å². The summed E-state index contributed by atoms with van der Waals surface area (Å²) in [5.74, 6) is -0.0347. The lowest BCUT2D eigenvalue weighted by Crippen LogP contribution is -2.41. The van der Waals surface area contributed by atoms with Crippen LogP contribution in [0.1, 0.15) is 6.23 Å². The van der Waals surface area contributed by atoms with E-state index < -0.39 is 35.9 Å². The molecule has 1 fully saturated rings. The van der Waals surface area contributed by atoms with Crippen LogP contribution in [0.25, 0.3) is 0 Å². The van der Waals surface area contributed by atoms with Gasteiger partial charge < -0.3 is 20.7 Å². The summed E-state index contributed by atoms with van der Waals surface area (Å²) in [6.07, 6.45) is -3.43. The van der Waals surface area contributed by atoms with Crippen molar-refractivity contribution in [1.82, 2.24) is 9.55 Å². The number of ether oxygens (including phenoxy) is 1. The molecular weight excluding hydrogens is 269 g/mol. The van der Waals surface area contributed by atoms with Gasteiger partial charge in [0.1, 0.15) is 18.0 Å². The zero-order chi connectivity index (χ0) is 13.5. The second kappa shape index (κ2) is 4.47. The van der Waals surface area contributed by atoms with Crippen LogP contribution in [0.3, 0.4) is 0 Å². The van der Waals surface area contributed by atoms with E-state index in [-0.39, 0.29) is 5.82 Å². The standard InChI is InChI=1S/C9H11ClFN3O4/c10-9(11)6(16)4(3-15)18-7(9)14-2-1-5(12)13-8(14)17/h1-2,4,6-7,15-16H,3H2,(H2,12,13,17)/t4-,6-,7-,9?/m1/s1. The van der Waals surface area contributed by atoms with Crippen LogP contribution in [0.15, 0.2) is 17.1 Å². The first-order valence-electron chi connectivity index (χ1n) is 5.04. The van der Waals surface area contributed by atoms with Crippen LogP contribution in [-0.2, 0) is 4.74 Å². The molecule has 0 saturated carbocycles. The number of alkyl halides is 2. The summed E-state index contributed by atoms with van der Waals surface area (Å²) in [7, 11) is 0. The Bertz CT molecular complexity index is 509. The van der Waals surface area contributed by atoms with Crippen molar-refractivity contribution in [3.8, 4) is 0 Å². The average molecular weight is 280 g/mol. The van der Waals surface area contributed by atoms with E-state index in [4.69, 9.17) is 27.2 Å². The van der Waals surface area contributed by atoms with Gasteiger partial charge >= 0.3 is 5.69 Å². The largest absolute Gasteiger partial charge is 0.394 e. The molecule has 0 aromatic carbocycles. The van der Waals surface area contributed by atoms with Gasteiger partial charge in [0.2, 0.25) is 0 Å². The Morgan fingerprint density at radius 3 is 2.89 bits per heavy atom. The van der Waals surface area contributed by atoms with E-state index >= 15 is 0 Å². The summed E-state index contributed by atoms with van der Waals surface area (Å²) < 4.78 is 19.9. The summed E-state index contributed by atoms with van der Waals surface area (Å²) in [5.41, 5.74) is 4.43. The maximum atomic E-state index is 14.1. The highest BCUT2D eigenvalue weighted by atomic mass is 35.5. The zero-order valence-corrected chi connectivity index (χ0v) is 9.79. The number of hydrogen-bond acceptors (Lipinski definition) is 6. The number of aliphatic hydroxyl groups excluding tert-OH is 2. The minimum absolute atomic E-state index is 0.0347. The molecule has 18 heavy (non-hydrogen) atoms. The number of nitrogens with zero attached hydrogens (tertiary/aromatic N) is 2. The Morgan fingerprint density at radius 2 is 2.39 bits per heavy atom. The topological polar surface area (TPSA) is 111 Å². The highest BCUT2D eigenvalue weighted by molar-refractivity contribution is 6.23.